The molecule has 0 bridgehead atoms. The van der Waals surface area contributed by atoms with Crippen molar-refractivity contribution in [2.24, 2.45) is 0 Å². The summed E-state index contributed by atoms with van der Waals surface area (Å²) < 4.78 is 83.0. The van der Waals surface area contributed by atoms with Crippen LogP contribution in [0.15, 0.2) is 17.0 Å². The highest BCUT2D eigenvalue weighted by Gasteiger charge is 2.37. The van der Waals surface area contributed by atoms with Gasteiger partial charge in [-0.2, -0.15) is 18.4 Å². The number of benzene rings is 1. The van der Waals surface area contributed by atoms with Crippen LogP contribution >= 0.6 is 11.8 Å². The molecule has 0 aliphatic carbocycles. The molecule has 0 heterocycles. The highest BCUT2D eigenvalue weighted by molar-refractivity contribution is 8.00. The molecule has 0 aliphatic heterocycles. The Morgan fingerprint density at radius 1 is 1.25 bits per heavy atom. The summed E-state index contributed by atoms with van der Waals surface area (Å²) >= 11 is -0.857. The van der Waals surface area contributed by atoms with E-state index in [2.05, 4.69) is 9.47 Å². The van der Waals surface area contributed by atoms with Crippen LogP contribution in [0, 0.1) is 11.3 Å². The first-order chi connectivity index (χ1) is 11.0. The van der Waals surface area contributed by atoms with Gasteiger partial charge >= 0.3 is 17.8 Å². The Labute approximate surface area is 136 Å². The number of hydrogen-bond acceptors (Lipinski definition) is 5. The largest absolute Gasteiger partial charge is 0.573 e. The molecule has 0 amide bonds. The number of ether oxygens (including phenoxy) is 2. The van der Waals surface area contributed by atoms with Crippen LogP contribution in [-0.4, -0.2) is 24.4 Å². The molecule has 132 valence electrons. The fourth-order valence-electron chi connectivity index (χ4n) is 1.66. The van der Waals surface area contributed by atoms with Gasteiger partial charge in [0.1, 0.15) is 6.07 Å². The second-order valence-electron chi connectivity index (χ2n) is 4.12. The maximum Gasteiger partial charge on any atom is 0.573 e. The van der Waals surface area contributed by atoms with Gasteiger partial charge in [-0.05, 0) is 30.3 Å². The summed E-state index contributed by atoms with van der Waals surface area (Å²) in [5.74, 6) is -2.14. The van der Waals surface area contributed by atoms with Gasteiger partial charge in [0.2, 0.25) is 0 Å². The molecule has 0 radical (unpaired) electrons. The van der Waals surface area contributed by atoms with Crippen molar-refractivity contribution in [3.8, 4) is 11.8 Å². The Balaban J connectivity index is 3.38. The van der Waals surface area contributed by atoms with E-state index in [1.54, 1.807) is 0 Å². The van der Waals surface area contributed by atoms with E-state index in [9.17, 15) is 31.1 Å². The van der Waals surface area contributed by atoms with Crippen molar-refractivity contribution in [1.82, 2.24) is 0 Å². The van der Waals surface area contributed by atoms with Gasteiger partial charge in [-0.1, -0.05) is 6.07 Å². The van der Waals surface area contributed by atoms with Crippen LogP contribution < -0.4 is 4.74 Å². The second-order valence-corrected chi connectivity index (χ2v) is 5.22. The third-order valence-corrected chi connectivity index (χ3v) is 3.18. The number of rotatable bonds is 5. The molecule has 0 saturated carbocycles. The minimum Gasteiger partial charge on any atom is -0.466 e. The van der Waals surface area contributed by atoms with E-state index in [1.807, 2.05) is 0 Å². The van der Waals surface area contributed by atoms with Crippen molar-refractivity contribution >= 4 is 17.7 Å². The summed E-state index contributed by atoms with van der Waals surface area (Å²) in [6.45, 7) is 1.49. The molecule has 0 atom stereocenters. The first-order valence-electron chi connectivity index (χ1n) is 6.20. The van der Waals surface area contributed by atoms with Gasteiger partial charge < -0.3 is 9.47 Å². The molecule has 0 saturated heterocycles. The first kappa shape index (κ1) is 20.0. The number of nitriles is 1. The lowest BCUT2D eigenvalue weighted by atomic mass is 10.0. The predicted molar refractivity (Wildman–Crippen MR) is 70.1 cm³/mol. The molecule has 0 unspecified atom stereocenters. The van der Waals surface area contributed by atoms with E-state index in [0.29, 0.717) is 6.07 Å². The van der Waals surface area contributed by atoms with Gasteiger partial charge in [0.15, 0.2) is 5.75 Å². The van der Waals surface area contributed by atoms with E-state index in [1.165, 1.54) is 13.0 Å². The number of thioether (sulfide) groups is 1. The molecule has 4 nitrogen and oxygen atoms in total. The summed E-state index contributed by atoms with van der Waals surface area (Å²) in [6.07, 6.45) is -5.89. The number of halogens is 6. The van der Waals surface area contributed by atoms with E-state index >= 15 is 0 Å². The Kier molecular flexibility index (Phi) is 6.36. The smallest absolute Gasteiger partial charge is 0.466 e. The minimum atomic E-state index is -5.31. The SMILES string of the molecule is CCOC(=O)Cc1ccc(SC(F)(F)F)c(OC(F)(F)F)c1C#N. The van der Waals surface area contributed by atoms with E-state index < -0.39 is 52.2 Å². The predicted octanol–water partition coefficient (Wildman–Crippen LogP) is 4.17. The van der Waals surface area contributed by atoms with Crippen molar-refractivity contribution < 1.29 is 40.6 Å². The highest BCUT2D eigenvalue weighted by atomic mass is 32.2. The second kappa shape index (κ2) is 7.65. The van der Waals surface area contributed by atoms with Crippen LogP contribution in [0.2, 0.25) is 0 Å². The van der Waals surface area contributed by atoms with Crippen LogP contribution in [0.5, 0.6) is 5.75 Å². The van der Waals surface area contributed by atoms with Gasteiger partial charge in [0.25, 0.3) is 0 Å². The monoisotopic (exact) mass is 373 g/mol. The van der Waals surface area contributed by atoms with Crippen LogP contribution in [0.25, 0.3) is 0 Å². The lowest BCUT2D eigenvalue weighted by Crippen LogP contribution is -2.19. The molecule has 1 aromatic carbocycles. The zero-order valence-corrected chi connectivity index (χ0v) is 12.7. The summed E-state index contributed by atoms with van der Waals surface area (Å²) in [5.41, 5.74) is -5.93. The average molecular weight is 373 g/mol. The standard InChI is InChI=1S/C13H9F6NO3S/c1-2-22-10(21)5-7-3-4-9(24-13(17,18)19)11(8(7)6-20)23-12(14,15)16/h3-4H,2,5H2,1H3. The molecule has 24 heavy (non-hydrogen) atoms. The number of esters is 1. The number of carbonyl (C=O) groups excluding carboxylic acids is 1. The zero-order valence-electron chi connectivity index (χ0n) is 11.9. The van der Waals surface area contributed by atoms with Crippen LogP contribution in [0.3, 0.4) is 0 Å². The Bertz CT molecular complexity index is 651. The van der Waals surface area contributed by atoms with Crippen molar-refractivity contribution in [2.75, 3.05) is 6.61 Å². The number of alkyl halides is 6. The molecule has 11 heteroatoms. The average Bonchev–Trinajstić information content (AvgIpc) is 2.39. The Hall–Kier alpha value is -2.09. The zero-order chi connectivity index (χ0) is 18.5. The maximum absolute atomic E-state index is 12.5. The third-order valence-electron chi connectivity index (χ3n) is 2.40. The highest BCUT2D eigenvalue weighted by Crippen LogP contribution is 2.45. The number of carbonyl (C=O) groups is 1. The number of hydrogen-bond donors (Lipinski definition) is 0. The Morgan fingerprint density at radius 2 is 1.88 bits per heavy atom. The lowest BCUT2D eigenvalue weighted by Gasteiger charge is -2.17. The van der Waals surface area contributed by atoms with Gasteiger partial charge in [-0.25, -0.2) is 0 Å². The molecule has 0 aromatic heterocycles. The summed E-state index contributed by atoms with van der Waals surface area (Å²) in [4.78, 5) is 10.5. The third kappa shape index (κ3) is 6.19. The summed E-state index contributed by atoms with van der Waals surface area (Å²) in [5, 5.41) is 9.02. The topological polar surface area (TPSA) is 59.3 Å². The van der Waals surface area contributed by atoms with E-state index in [0.717, 1.165) is 6.07 Å². The molecule has 1 rings (SSSR count). The molecule has 0 fully saturated rings. The molecular weight excluding hydrogens is 364 g/mol. The van der Waals surface area contributed by atoms with Crippen LogP contribution in [0.1, 0.15) is 18.1 Å². The van der Waals surface area contributed by atoms with Crippen LogP contribution in [-0.2, 0) is 16.0 Å². The van der Waals surface area contributed by atoms with Gasteiger partial charge in [-0.3, -0.25) is 4.79 Å². The summed E-state index contributed by atoms with van der Waals surface area (Å²) in [7, 11) is 0. The molecule has 1 aromatic rings. The first-order valence-corrected chi connectivity index (χ1v) is 7.01. The summed E-state index contributed by atoms with van der Waals surface area (Å²) in [6, 6.07) is 3.00. The van der Waals surface area contributed by atoms with Gasteiger partial charge in [-0.15, -0.1) is 13.2 Å². The number of nitrogens with zero attached hydrogens (tertiary/aromatic N) is 1. The van der Waals surface area contributed by atoms with Crippen LogP contribution in [0.4, 0.5) is 26.3 Å². The molecular formula is C13H9F6NO3S. The minimum absolute atomic E-state index is 0.00532. The van der Waals surface area contributed by atoms with Gasteiger partial charge in [0.05, 0.1) is 23.5 Å². The fraction of sp³-hybridized carbons (Fsp3) is 0.385. The molecule has 0 spiro atoms. The maximum atomic E-state index is 12.5. The van der Waals surface area contributed by atoms with E-state index in [-0.39, 0.29) is 12.2 Å². The van der Waals surface area contributed by atoms with Gasteiger partial charge in [0, 0.05) is 0 Å². The Morgan fingerprint density at radius 3 is 2.33 bits per heavy atom. The van der Waals surface area contributed by atoms with Crippen molar-refractivity contribution in [3.05, 3.63) is 23.3 Å². The van der Waals surface area contributed by atoms with Crippen molar-refractivity contribution in [3.63, 3.8) is 0 Å². The lowest BCUT2D eigenvalue weighted by molar-refractivity contribution is -0.275. The quantitative estimate of drug-likeness (QED) is 0.440. The molecule has 0 aliphatic rings. The van der Waals surface area contributed by atoms with Crippen molar-refractivity contribution in [1.29, 1.82) is 5.26 Å². The van der Waals surface area contributed by atoms with Crippen molar-refractivity contribution in [2.45, 2.75) is 30.1 Å². The normalized spacial score (nSPS) is 11.8. The molecule has 0 N–H and O–H groups in total. The fourth-order valence-corrected chi connectivity index (χ4v) is 2.29. The van der Waals surface area contributed by atoms with E-state index in [4.69, 9.17) is 5.26 Å².